The van der Waals surface area contributed by atoms with Gasteiger partial charge < -0.3 is 24.3 Å². The minimum atomic E-state index is -1.24. The highest BCUT2D eigenvalue weighted by atomic mass is 16.5. The number of aromatic nitrogens is 2. The van der Waals surface area contributed by atoms with Crippen molar-refractivity contribution in [2.75, 3.05) is 13.7 Å². The van der Waals surface area contributed by atoms with E-state index in [0.717, 1.165) is 33.4 Å². The summed E-state index contributed by atoms with van der Waals surface area (Å²) in [5, 5.41) is 12.7. The van der Waals surface area contributed by atoms with Gasteiger partial charge in [0.05, 0.1) is 18.5 Å². The molecule has 1 aliphatic carbocycles. The number of amides is 1. The molecule has 1 amide bonds. The minimum absolute atomic E-state index is 0.00328. The molecule has 0 fully saturated rings. The molecule has 2 N–H and O–H groups in total. The van der Waals surface area contributed by atoms with E-state index in [1.807, 2.05) is 90.3 Å². The van der Waals surface area contributed by atoms with E-state index in [2.05, 4.69) is 17.4 Å². The van der Waals surface area contributed by atoms with Crippen molar-refractivity contribution in [1.29, 1.82) is 0 Å². The first kappa shape index (κ1) is 26.1. The predicted octanol–water partition coefficient (Wildman–Crippen LogP) is 5.85. The molecule has 0 spiro atoms. The Morgan fingerprint density at radius 1 is 0.976 bits per heavy atom. The van der Waals surface area contributed by atoms with Crippen molar-refractivity contribution in [3.05, 3.63) is 114 Å². The van der Waals surface area contributed by atoms with Gasteiger partial charge in [0.25, 0.3) is 0 Å². The molecular formula is C33H29N3O5. The van der Waals surface area contributed by atoms with E-state index in [1.165, 1.54) is 0 Å². The molecule has 0 saturated carbocycles. The Morgan fingerprint density at radius 3 is 2.37 bits per heavy atom. The number of hydrogen-bond acceptors (Lipinski definition) is 5. The van der Waals surface area contributed by atoms with Crippen LogP contribution < -0.4 is 10.1 Å². The molecule has 3 aromatic carbocycles. The predicted molar refractivity (Wildman–Crippen MR) is 155 cm³/mol. The van der Waals surface area contributed by atoms with Crippen molar-refractivity contribution in [3.8, 4) is 28.1 Å². The summed E-state index contributed by atoms with van der Waals surface area (Å²) in [5.74, 6) is -0.635. The first-order valence-corrected chi connectivity index (χ1v) is 13.4. The van der Waals surface area contributed by atoms with Gasteiger partial charge in [0.15, 0.2) is 0 Å². The number of rotatable bonds is 8. The van der Waals surface area contributed by atoms with E-state index in [-0.39, 0.29) is 18.9 Å². The summed E-state index contributed by atoms with van der Waals surface area (Å²) in [7, 11) is 1.59. The maximum absolute atomic E-state index is 13.0. The molecule has 0 radical (unpaired) electrons. The van der Waals surface area contributed by atoms with Crippen LogP contribution in [0.4, 0.5) is 4.79 Å². The molecule has 8 nitrogen and oxygen atoms in total. The summed E-state index contributed by atoms with van der Waals surface area (Å²) in [6, 6.07) is 26.2. The van der Waals surface area contributed by atoms with Gasteiger partial charge in [-0.15, -0.1) is 0 Å². The van der Waals surface area contributed by atoms with Gasteiger partial charge in [-0.1, -0.05) is 66.7 Å². The molecule has 41 heavy (non-hydrogen) atoms. The molecule has 2 aromatic heterocycles. The van der Waals surface area contributed by atoms with E-state index in [4.69, 9.17) is 14.5 Å². The zero-order chi connectivity index (χ0) is 28.5. The Bertz CT molecular complexity index is 1730. The highest BCUT2D eigenvalue weighted by Gasteiger charge is 2.30. The zero-order valence-electron chi connectivity index (χ0n) is 22.7. The van der Waals surface area contributed by atoms with Gasteiger partial charge in [-0.3, -0.25) is 0 Å². The second-order valence-electron chi connectivity index (χ2n) is 10.1. The molecular weight excluding hydrogens is 518 g/mol. The van der Waals surface area contributed by atoms with Gasteiger partial charge in [-0.05, 0) is 52.9 Å². The number of carbonyl (C=O) groups excluding carboxylic acids is 1. The molecule has 1 unspecified atom stereocenters. The Labute approximate surface area is 237 Å². The second-order valence-corrected chi connectivity index (χ2v) is 10.1. The van der Waals surface area contributed by atoms with E-state index in [9.17, 15) is 14.7 Å². The third kappa shape index (κ3) is 5.00. The first-order valence-electron chi connectivity index (χ1n) is 13.4. The minimum Gasteiger partial charge on any atom is -0.497 e. The highest BCUT2D eigenvalue weighted by Crippen LogP contribution is 2.44. The second kappa shape index (κ2) is 10.8. The molecule has 5 aromatic rings. The van der Waals surface area contributed by atoms with Gasteiger partial charge in [-0.25, -0.2) is 14.6 Å². The Morgan fingerprint density at radius 2 is 1.68 bits per heavy atom. The number of methoxy groups -OCH3 is 1. The van der Waals surface area contributed by atoms with Crippen LogP contribution in [0, 0.1) is 6.92 Å². The number of fused-ring (bicyclic) bond motifs is 4. The smallest absolute Gasteiger partial charge is 0.407 e. The monoisotopic (exact) mass is 547 g/mol. The van der Waals surface area contributed by atoms with Crippen LogP contribution in [0.15, 0.2) is 91.1 Å². The fourth-order valence-electron chi connectivity index (χ4n) is 5.57. The average molecular weight is 548 g/mol. The zero-order valence-corrected chi connectivity index (χ0v) is 22.7. The number of carboxylic acids is 1. The van der Waals surface area contributed by atoms with E-state index < -0.39 is 18.1 Å². The lowest BCUT2D eigenvalue weighted by Gasteiger charge is -2.18. The number of imidazole rings is 1. The number of pyridine rings is 1. The van der Waals surface area contributed by atoms with Crippen LogP contribution in [0.1, 0.15) is 28.3 Å². The molecule has 0 saturated heterocycles. The van der Waals surface area contributed by atoms with Crippen LogP contribution in [0.25, 0.3) is 28.0 Å². The van der Waals surface area contributed by atoms with Crippen molar-refractivity contribution in [1.82, 2.24) is 14.7 Å². The lowest BCUT2D eigenvalue weighted by atomic mass is 9.98. The number of hydrogen-bond donors (Lipinski definition) is 2. The number of aliphatic carboxylic acids is 1. The van der Waals surface area contributed by atoms with Crippen molar-refractivity contribution in [3.63, 3.8) is 0 Å². The van der Waals surface area contributed by atoms with Crippen LogP contribution in [-0.4, -0.2) is 46.3 Å². The number of ether oxygens (including phenoxy) is 2. The highest BCUT2D eigenvalue weighted by molar-refractivity contribution is 5.82. The fraction of sp³-hybridized carbons (Fsp3) is 0.182. The number of benzene rings is 3. The molecule has 2 heterocycles. The third-order valence-electron chi connectivity index (χ3n) is 7.54. The van der Waals surface area contributed by atoms with Crippen LogP contribution >= 0.6 is 0 Å². The van der Waals surface area contributed by atoms with Crippen molar-refractivity contribution in [2.45, 2.75) is 25.3 Å². The summed E-state index contributed by atoms with van der Waals surface area (Å²) in [6.45, 7) is 2.05. The van der Waals surface area contributed by atoms with Crippen LogP contribution in [0.5, 0.6) is 5.75 Å². The molecule has 0 bridgehead atoms. The number of carboxylic acid groups (broad SMARTS) is 1. The maximum atomic E-state index is 13.0. The van der Waals surface area contributed by atoms with Gasteiger partial charge in [0.2, 0.25) is 0 Å². The summed E-state index contributed by atoms with van der Waals surface area (Å²) < 4.78 is 12.9. The molecule has 206 valence electrons. The number of aryl methyl sites for hydroxylation is 1. The van der Waals surface area contributed by atoms with Crippen molar-refractivity contribution < 1.29 is 24.2 Å². The Kier molecular flexibility index (Phi) is 6.89. The topological polar surface area (TPSA) is 102 Å². The van der Waals surface area contributed by atoms with Gasteiger partial charge >= 0.3 is 12.1 Å². The summed E-state index contributed by atoms with van der Waals surface area (Å²) in [4.78, 5) is 30.2. The van der Waals surface area contributed by atoms with E-state index in [1.54, 1.807) is 7.11 Å². The number of nitrogens with one attached hydrogen (secondary N) is 1. The number of carbonyl (C=O) groups is 2. The normalized spacial score (nSPS) is 12.9. The molecule has 1 atom stereocenters. The Hall–Kier alpha value is -5.11. The lowest BCUT2D eigenvalue weighted by Crippen LogP contribution is -2.43. The van der Waals surface area contributed by atoms with Crippen LogP contribution in [0.3, 0.4) is 0 Å². The van der Waals surface area contributed by atoms with Gasteiger partial charge in [0, 0.05) is 24.1 Å². The van der Waals surface area contributed by atoms with Crippen molar-refractivity contribution >= 4 is 17.7 Å². The van der Waals surface area contributed by atoms with Crippen molar-refractivity contribution in [2.24, 2.45) is 0 Å². The summed E-state index contributed by atoms with van der Waals surface area (Å²) in [5.41, 5.74) is 8.13. The first-order chi connectivity index (χ1) is 19.9. The SMILES string of the molecule is COc1cccc(-c2nc3ccc(C)cn3c2CC(NC(=O)OCC2c3ccccc3-c3ccccc32)C(=O)O)c1. The number of nitrogens with zero attached hydrogens (tertiary/aromatic N) is 2. The molecule has 0 aliphatic heterocycles. The molecule has 1 aliphatic rings. The largest absolute Gasteiger partial charge is 0.497 e. The average Bonchev–Trinajstić information content (AvgIpc) is 3.51. The summed E-state index contributed by atoms with van der Waals surface area (Å²) >= 11 is 0. The van der Waals surface area contributed by atoms with Gasteiger partial charge in [-0.2, -0.15) is 0 Å². The van der Waals surface area contributed by atoms with E-state index in [0.29, 0.717) is 22.8 Å². The molecule has 6 rings (SSSR count). The van der Waals surface area contributed by atoms with Gasteiger partial charge in [0.1, 0.15) is 24.0 Å². The van der Waals surface area contributed by atoms with Crippen LogP contribution in [-0.2, 0) is 16.0 Å². The Balaban J connectivity index is 1.25. The fourth-order valence-corrected chi connectivity index (χ4v) is 5.57. The quantitative estimate of drug-likeness (QED) is 0.253. The number of alkyl carbamates (subject to hydrolysis) is 1. The lowest BCUT2D eigenvalue weighted by molar-refractivity contribution is -0.139. The maximum Gasteiger partial charge on any atom is 0.407 e. The third-order valence-corrected chi connectivity index (χ3v) is 7.54. The summed E-state index contributed by atoms with van der Waals surface area (Å²) in [6.07, 6.45) is 1.12. The van der Waals surface area contributed by atoms with E-state index >= 15 is 0 Å². The van der Waals surface area contributed by atoms with Crippen LogP contribution in [0.2, 0.25) is 0 Å². The molecule has 8 heteroatoms. The standard InChI is InChI=1S/C33H29N3O5/c1-20-14-15-30-35-31(21-8-7-9-22(16-21)40-2)29(36(30)18-20)17-28(32(37)38)34-33(39)41-19-27-25-12-5-3-10-23(25)24-11-4-6-13-26(24)27/h3-16,18,27-28H,17,19H2,1-2H3,(H,34,39)(H,37,38).